The molecule has 0 aromatic heterocycles. The molecule has 18 heavy (non-hydrogen) atoms. The molecule has 1 saturated heterocycles. The normalized spacial score (nSPS) is 27.3. The van der Waals surface area contributed by atoms with E-state index in [2.05, 4.69) is 36.1 Å². The highest BCUT2D eigenvalue weighted by molar-refractivity contribution is 4.89. The number of hydrogen-bond donors (Lipinski definition) is 1. The Morgan fingerprint density at radius 2 is 1.67 bits per heavy atom. The fourth-order valence-electron chi connectivity index (χ4n) is 4.03. The van der Waals surface area contributed by atoms with Crippen LogP contribution in [0.5, 0.6) is 0 Å². The van der Waals surface area contributed by atoms with Crippen LogP contribution in [0.3, 0.4) is 0 Å². The van der Waals surface area contributed by atoms with Crippen molar-refractivity contribution in [2.45, 2.75) is 51.1 Å². The van der Waals surface area contributed by atoms with Crippen molar-refractivity contribution in [3.63, 3.8) is 0 Å². The third-order valence-corrected chi connectivity index (χ3v) is 4.95. The lowest BCUT2D eigenvalue weighted by atomic mass is 9.80. The second kappa shape index (κ2) is 6.88. The fraction of sp³-hybridized carbons (Fsp3) is 1.00. The zero-order valence-corrected chi connectivity index (χ0v) is 12.5. The van der Waals surface area contributed by atoms with Gasteiger partial charge in [-0.3, -0.25) is 4.90 Å². The minimum Gasteiger partial charge on any atom is -0.314 e. The molecule has 2 atom stereocenters. The Hall–Kier alpha value is -0.120. The molecular weight excluding hydrogens is 222 g/mol. The van der Waals surface area contributed by atoms with Gasteiger partial charge in [0, 0.05) is 38.3 Å². The highest BCUT2D eigenvalue weighted by atomic mass is 15.3. The summed E-state index contributed by atoms with van der Waals surface area (Å²) in [5.41, 5.74) is 0. The minimum atomic E-state index is 0.699. The van der Waals surface area contributed by atoms with Crippen LogP contribution in [0.4, 0.5) is 0 Å². The van der Waals surface area contributed by atoms with Crippen molar-refractivity contribution in [2.75, 3.05) is 40.3 Å². The average Bonchev–Trinajstić information content (AvgIpc) is 2.40. The van der Waals surface area contributed by atoms with Crippen LogP contribution in [-0.2, 0) is 0 Å². The van der Waals surface area contributed by atoms with Gasteiger partial charge < -0.3 is 10.2 Å². The SMILES string of the molecule is CC(C(C1CCCCC1)N(C)C)N1CCNCC1. The molecule has 1 N–H and O–H groups in total. The van der Waals surface area contributed by atoms with Gasteiger partial charge in [-0.25, -0.2) is 0 Å². The highest BCUT2D eigenvalue weighted by Gasteiger charge is 2.33. The van der Waals surface area contributed by atoms with Crippen LogP contribution in [0, 0.1) is 5.92 Å². The first-order chi connectivity index (χ1) is 8.70. The number of likely N-dealkylation sites (N-methyl/N-ethyl adjacent to an activating group) is 1. The van der Waals surface area contributed by atoms with Gasteiger partial charge in [0.05, 0.1) is 0 Å². The van der Waals surface area contributed by atoms with Gasteiger partial charge in [-0.15, -0.1) is 0 Å². The van der Waals surface area contributed by atoms with E-state index >= 15 is 0 Å². The third-order valence-electron chi connectivity index (χ3n) is 4.95. The van der Waals surface area contributed by atoms with E-state index in [4.69, 9.17) is 0 Å². The van der Waals surface area contributed by atoms with Crippen LogP contribution in [0.2, 0.25) is 0 Å². The largest absolute Gasteiger partial charge is 0.314 e. The monoisotopic (exact) mass is 253 g/mol. The van der Waals surface area contributed by atoms with Gasteiger partial charge in [0.1, 0.15) is 0 Å². The summed E-state index contributed by atoms with van der Waals surface area (Å²) in [5.74, 6) is 0.915. The summed E-state index contributed by atoms with van der Waals surface area (Å²) in [4.78, 5) is 5.18. The van der Waals surface area contributed by atoms with Gasteiger partial charge in [0.15, 0.2) is 0 Å². The smallest absolute Gasteiger partial charge is 0.0271 e. The van der Waals surface area contributed by atoms with Crippen LogP contribution >= 0.6 is 0 Å². The van der Waals surface area contributed by atoms with E-state index in [1.165, 1.54) is 45.2 Å². The number of nitrogens with one attached hydrogen (secondary N) is 1. The average molecular weight is 253 g/mol. The lowest BCUT2D eigenvalue weighted by molar-refractivity contribution is 0.0590. The van der Waals surface area contributed by atoms with Crippen LogP contribution in [-0.4, -0.2) is 62.2 Å². The maximum absolute atomic E-state index is 3.46. The van der Waals surface area contributed by atoms with Gasteiger partial charge in [-0.2, -0.15) is 0 Å². The van der Waals surface area contributed by atoms with Gasteiger partial charge in [-0.05, 0) is 39.8 Å². The maximum atomic E-state index is 3.46. The highest BCUT2D eigenvalue weighted by Crippen LogP contribution is 2.31. The Morgan fingerprint density at radius 3 is 2.22 bits per heavy atom. The van der Waals surface area contributed by atoms with Gasteiger partial charge >= 0.3 is 0 Å². The van der Waals surface area contributed by atoms with Crippen molar-refractivity contribution in [3.8, 4) is 0 Å². The summed E-state index contributed by atoms with van der Waals surface area (Å²) in [6.45, 7) is 7.21. The van der Waals surface area contributed by atoms with Crippen molar-refractivity contribution in [3.05, 3.63) is 0 Å². The van der Waals surface area contributed by atoms with Crippen molar-refractivity contribution >= 4 is 0 Å². The molecule has 2 fully saturated rings. The zero-order valence-electron chi connectivity index (χ0n) is 12.5. The molecule has 0 bridgehead atoms. The zero-order chi connectivity index (χ0) is 13.0. The lowest BCUT2D eigenvalue weighted by Crippen LogP contribution is -2.56. The molecule has 1 saturated carbocycles. The van der Waals surface area contributed by atoms with Crippen molar-refractivity contribution < 1.29 is 0 Å². The molecule has 1 aliphatic carbocycles. The van der Waals surface area contributed by atoms with Crippen molar-refractivity contribution in [1.29, 1.82) is 0 Å². The quantitative estimate of drug-likeness (QED) is 0.824. The minimum absolute atomic E-state index is 0.699. The van der Waals surface area contributed by atoms with Gasteiger partial charge in [-0.1, -0.05) is 19.3 Å². The third kappa shape index (κ3) is 3.46. The van der Waals surface area contributed by atoms with Crippen LogP contribution in [0.25, 0.3) is 0 Å². The first-order valence-corrected chi connectivity index (χ1v) is 7.81. The van der Waals surface area contributed by atoms with E-state index in [0.29, 0.717) is 6.04 Å². The Morgan fingerprint density at radius 1 is 1.06 bits per heavy atom. The van der Waals surface area contributed by atoms with Crippen molar-refractivity contribution in [1.82, 2.24) is 15.1 Å². The molecular formula is C15H31N3. The van der Waals surface area contributed by atoms with Gasteiger partial charge in [0.25, 0.3) is 0 Å². The molecule has 0 spiro atoms. The van der Waals surface area contributed by atoms with E-state index in [-0.39, 0.29) is 0 Å². The van der Waals surface area contributed by atoms with Gasteiger partial charge in [0.2, 0.25) is 0 Å². The first kappa shape index (κ1) is 14.3. The maximum Gasteiger partial charge on any atom is 0.0271 e. The topological polar surface area (TPSA) is 18.5 Å². The Bertz CT molecular complexity index is 230. The van der Waals surface area contributed by atoms with Crippen molar-refractivity contribution in [2.24, 2.45) is 5.92 Å². The molecule has 2 aliphatic rings. The fourth-order valence-corrected chi connectivity index (χ4v) is 4.03. The molecule has 2 unspecified atom stereocenters. The molecule has 0 amide bonds. The van der Waals surface area contributed by atoms with Crippen LogP contribution in [0.1, 0.15) is 39.0 Å². The molecule has 0 aromatic carbocycles. The summed E-state index contributed by atoms with van der Waals surface area (Å²) >= 11 is 0. The standard InChI is InChI=1S/C15H31N3/c1-13(18-11-9-16-10-12-18)15(17(2)3)14-7-5-4-6-8-14/h13-16H,4-12H2,1-3H3. The molecule has 3 heteroatoms. The Labute approximate surface area is 113 Å². The molecule has 1 aliphatic heterocycles. The van der Waals surface area contributed by atoms with E-state index in [1.807, 2.05) is 0 Å². The number of nitrogens with zero attached hydrogens (tertiary/aromatic N) is 2. The Kier molecular flexibility index (Phi) is 5.46. The number of hydrogen-bond acceptors (Lipinski definition) is 3. The predicted octanol–water partition coefficient (Wildman–Crippen LogP) is 1.79. The van der Waals surface area contributed by atoms with E-state index in [1.54, 1.807) is 0 Å². The summed E-state index contributed by atoms with van der Waals surface area (Å²) in [6.07, 6.45) is 7.24. The summed E-state index contributed by atoms with van der Waals surface area (Å²) < 4.78 is 0. The summed E-state index contributed by atoms with van der Waals surface area (Å²) in [5, 5.41) is 3.46. The second-order valence-corrected chi connectivity index (χ2v) is 6.38. The lowest BCUT2D eigenvalue weighted by Gasteiger charge is -2.44. The number of rotatable bonds is 4. The van der Waals surface area contributed by atoms with E-state index in [9.17, 15) is 0 Å². The second-order valence-electron chi connectivity index (χ2n) is 6.38. The summed E-state index contributed by atoms with van der Waals surface area (Å²) in [6, 6.07) is 1.44. The molecule has 2 rings (SSSR count). The number of piperazine rings is 1. The molecule has 1 heterocycles. The Balaban J connectivity index is 1.98. The molecule has 0 radical (unpaired) electrons. The van der Waals surface area contributed by atoms with E-state index in [0.717, 1.165) is 25.0 Å². The van der Waals surface area contributed by atoms with Crippen LogP contribution < -0.4 is 5.32 Å². The summed E-state index contributed by atoms with van der Waals surface area (Å²) in [7, 11) is 4.55. The first-order valence-electron chi connectivity index (χ1n) is 7.81. The van der Waals surface area contributed by atoms with Crippen LogP contribution in [0.15, 0.2) is 0 Å². The predicted molar refractivity (Wildman–Crippen MR) is 78.0 cm³/mol. The molecule has 0 aromatic rings. The molecule has 106 valence electrons. The van der Waals surface area contributed by atoms with E-state index < -0.39 is 0 Å². The molecule has 3 nitrogen and oxygen atoms in total.